The average molecular weight is 258 g/mol. The highest BCUT2D eigenvalue weighted by Gasteiger charge is 2.27. The molecule has 1 rings (SSSR count). The Bertz CT molecular complexity index is 393. The van der Waals surface area contributed by atoms with Crippen LogP contribution in [0.2, 0.25) is 15.1 Å². The summed E-state index contributed by atoms with van der Waals surface area (Å²) in [6, 6.07) is 0. The zero-order chi connectivity index (χ0) is 11.0. The number of benzene rings is 1. The Morgan fingerprint density at radius 2 is 1.71 bits per heavy atom. The van der Waals surface area contributed by atoms with Gasteiger partial charge in [-0.15, -0.1) is 0 Å². The molecule has 0 atom stereocenters. The van der Waals surface area contributed by atoms with Crippen LogP contribution in [-0.2, 0) is 0 Å². The molecular weight excluding hydrogens is 255 g/mol. The van der Waals surface area contributed by atoms with E-state index in [0.29, 0.717) is 0 Å². The quantitative estimate of drug-likeness (QED) is 0.331. The first-order valence-corrected chi connectivity index (χ1v) is 4.48. The average Bonchev–Trinajstić information content (AvgIpc) is 2.11. The molecular formula is C7H3Cl3FNO2. The molecule has 0 aromatic heterocycles. The van der Waals surface area contributed by atoms with Crippen molar-refractivity contribution in [3.8, 4) is 0 Å². The molecule has 14 heavy (non-hydrogen) atoms. The molecule has 3 nitrogen and oxygen atoms in total. The second-order valence-corrected chi connectivity index (χ2v) is 3.62. The van der Waals surface area contributed by atoms with Crippen molar-refractivity contribution in [1.29, 1.82) is 0 Å². The lowest BCUT2D eigenvalue weighted by Gasteiger charge is -2.05. The lowest BCUT2D eigenvalue weighted by atomic mass is 10.2. The SMILES string of the molecule is Cc1c(Cl)c(Cl)c(F)c([N+](=O)[O-])c1Cl. The maximum absolute atomic E-state index is 13.2. The van der Waals surface area contributed by atoms with Crippen LogP contribution < -0.4 is 0 Å². The zero-order valence-electron chi connectivity index (χ0n) is 6.78. The van der Waals surface area contributed by atoms with Crippen LogP contribution in [0.5, 0.6) is 0 Å². The molecule has 0 fully saturated rings. The highest BCUT2D eigenvalue weighted by atomic mass is 35.5. The third-order valence-electron chi connectivity index (χ3n) is 1.64. The van der Waals surface area contributed by atoms with Gasteiger partial charge in [-0.2, -0.15) is 4.39 Å². The maximum atomic E-state index is 13.2. The summed E-state index contributed by atoms with van der Waals surface area (Å²) in [6.07, 6.45) is 0. The zero-order valence-corrected chi connectivity index (χ0v) is 9.04. The Labute approximate surface area is 93.5 Å². The van der Waals surface area contributed by atoms with E-state index in [9.17, 15) is 14.5 Å². The van der Waals surface area contributed by atoms with E-state index in [1.165, 1.54) is 6.92 Å². The summed E-state index contributed by atoms with van der Waals surface area (Å²) < 4.78 is 13.2. The molecule has 0 bridgehead atoms. The number of hydrogen-bond acceptors (Lipinski definition) is 2. The van der Waals surface area contributed by atoms with E-state index in [2.05, 4.69) is 0 Å². The summed E-state index contributed by atoms with van der Waals surface area (Å²) >= 11 is 16.6. The van der Waals surface area contributed by atoms with E-state index in [1.807, 2.05) is 0 Å². The van der Waals surface area contributed by atoms with Crippen LogP contribution in [0.4, 0.5) is 10.1 Å². The monoisotopic (exact) mass is 257 g/mol. The molecule has 1 aromatic rings. The van der Waals surface area contributed by atoms with Gasteiger partial charge in [0, 0.05) is 0 Å². The van der Waals surface area contributed by atoms with Crippen LogP contribution in [0.15, 0.2) is 0 Å². The number of hydrogen-bond donors (Lipinski definition) is 0. The van der Waals surface area contributed by atoms with Crippen molar-refractivity contribution in [3.05, 3.63) is 36.6 Å². The van der Waals surface area contributed by atoms with Crippen LogP contribution in [0.3, 0.4) is 0 Å². The van der Waals surface area contributed by atoms with Gasteiger partial charge in [-0.1, -0.05) is 34.8 Å². The number of rotatable bonds is 1. The largest absolute Gasteiger partial charge is 0.325 e. The van der Waals surface area contributed by atoms with Gasteiger partial charge < -0.3 is 0 Å². The number of nitro benzene ring substituents is 1. The molecule has 0 spiro atoms. The number of halogens is 4. The van der Waals surface area contributed by atoms with E-state index in [0.717, 1.165) is 0 Å². The van der Waals surface area contributed by atoms with Gasteiger partial charge in [-0.25, -0.2) is 0 Å². The Morgan fingerprint density at radius 3 is 2.14 bits per heavy atom. The first-order valence-electron chi connectivity index (χ1n) is 3.34. The molecule has 0 N–H and O–H groups in total. The third-order valence-corrected chi connectivity index (χ3v) is 3.03. The van der Waals surface area contributed by atoms with Crippen molar-refractivity contribution in [1.82, 2.24) is 0 Å². The third kappa shape index (κ3) is 1.65. The Morgan fingerprint density at radius 1 is 1.21 bits per heavy atom. The molecule has 0 saturated carbocycles. The summed E-state index contributed by atoms with van der Waals surface area (Å²) in [7, 11) is 0. The molecule has 0 unspecified atom stereocenters. The number of nitro groups is 1. The predicted octanol–water partition coefficient (Wildman–Crippen LogP) is 4.00. The molecule has 1 aromatic carbocycles. The first-order chi connectivity index (χ1) is 6.37. The summed E-state index contributed by atoms with van der Waals surface area (Å²) in [5, 5.41) is 9.51. The maximum Gasteiger partial charge on any atom is 0.325 e. The van der Waals surface area contributed by atoms with Crippen LogP contribution in [-0.4, -0.2) is 4.92 Å². The fourth-order valence-electron chi connectivity index (χ4n) is 0.896. The normalized spacial score (nSPS) is 10.4. The molecule has 0 aliphatic carbocycles. The van der Waals surface area contributed by atoms with Gasteiger partial charge in [0.1, 0.15) is 10.0 Å². The van der Waals surface area contributed by atoms with Crippen LogP contribution in [0.1, 0.15) is 5.56 Å². The van der Waals surface area contributed by atoms with Gasteiger partial charge >= 0.3 is 5.69 Å². The molecule has 76 valence electrons. The molecule has 0 radical (unpaired) electrons. The van der Waals surface area contributed by atoms with Crippen molar-refractivity contribution < 1.29 is 9.31 Å². The van der Waals surface area contributed by atoms with Gasteiger partial charge in [0.25, 0.3) is 0 Å². The molecule has 0 amide bonds. The van der Waals surface area contributed by atoms with Gasteiger partial charge in [0.2, 0.25) is 5.82 Å². The van der Waals surface area contributed by atoms with Crippen molar-refractivity contribution in [2.45, 2.75) is 6.92 Å². The van der Waals surface area contributed by atoms with Crippen molar-refractivity contribution >= 4 is 40.5 Å². The van der Waals surface area contributed by atoms with Gasteiger partial charge in [0.15, 0.2) is 0 Å². The highest BCUT2D eigenvalue weighted by molar-refractivity contribution is 6.44. The molecule has 0 aliphatic heterocycles. The van der Waals surface area contributed by atoms with E-state index in [4.69, 9.17) is 34.8 Å². The van der Waals surface area contributed by atoms with E-state index in [1.54, 1.807) is 0 Å². The highest BCUT2D eigenvalue weighted by Crippen LogP contribution is 2.40. The fourth-order valence-corrected chi connectivity index (χ4v) is 1.60. The minimum absolute atomic E-state index is 0.111. The minimum Gasteiger partial charge on any atom is -0.258 e. The van der Waals surface area contributed by atoms with Gasteiger partial charge in [-0.3, -0.25) is 10.1 Å². The van der Waals surface area contributed by atoms with Crippen LogP contribution >= 0.6 is 34.8 Å². The van der Waals surface area contributed by atoms with E-state index < -0.39 is 21.5 Å². The summed E-state index contributed by atoms with van der Waals surface area (Å²) in [4.78, 5) is 9.50. The van der Waals surface area contributed by atoms with Gasteiger partial charge in [-0.05, 0) is 12.5 Å². The van der Waals surface area contributed by atoms with Crippen LogP contribution in [0, 0.1) is 22.9 Å². The van der Waals surface area contributed by atoms with E-state index in [-0.39, 0.29) is 15.6 Å². The van der Waals surface area contributed by atoms with Crippen molar-refractivity contribution in [3.63, 3.8) is 0 Å². The second kappa shape index (κ2) is 3.88. The van der Waals surface area contributed by atoms with Crippen LogP contribution in [0.25, 0.3) is 0 Å². The summed E-state index contributed by atoms with van der Waals surface area (Å²) in [5.41, 5.74) is -0.662. The Balaban J connectivity index is 3.68. The molecule has 0 saturated heterocycles. The Hall–Kier alpha value is -0.580. The first kappa shape index (κ1) is 11.5. The smallest absolute Gasteiger partial charge is 0.258 e. The van der Waals surface area contributed by atoms with Gasteiger partial charge in [0.05, 0.1) is 9.95 Å². The fraction of sp³-hybridized carbons (Fsp3) is 0.143. The van der Waals surface area contributed by atoms with Crippen molar-refractivity contribution in [2.75, 3.05) is 0 Å². The second-order valence-electron chi connectivity index (χ2n) is 2.49. The predicted molar refractivity (Wildman–Crippen MR) is 52.8 cm³/mol. The van der Waals surface area contributed by atoms with Crippen molar-refractivity contribution in [2.24, 2.45) is 0 Å². The molecule has 7 heteroatoms. The lowest BCUT2D eigenvalue weighted by molar-refractivity contribution is -0.387. The molecule has 0 heterocycles. The topological polar surface area (TPSA) is 43.1 Å². The molecule has 0 aliphatic rings. The lowest BCUT2D eigenvalue weighted by Crippen LogP contribution is -1.97. The minimum atomic E-state index is -1.21. The standard InChI is InChI=1S/C7H3Cl3FNO2/c1-2-3(8)5(10)6(11)7(4(2)9)12(13)14/h1H3. The summed E-state index contributed by atoms with van der Waals surface area (Å²) in [6.45, 7) is 1.42. The van der Waals surface area contributed by atoms with E-state index >= 15 is 0 Å². The summed E-state index contributed by atoms with van der Waals surface area (Å²) in [5.74, 6) is -1.21. The number of nitrogens with zero attached hydrogens (tertiary/aromatic N) is 1. The Kier molecular flexibility index (Phi) is 3.19.